The van der Waals surface area contributed by atoms with E-state index in [-0.39, 0.29) is 24.1 Å². The molecule has 1 unspecified atom stereocenters. The highest BCUT2D eigenvalue weighted by atomic mass is 19.1. The minimum absolute atomic E-state index is 0.0527. The molecule has 1 aromatic carbocycles. The summed E-state index contributed by atoms with van der Waals surface area (Å²) in [5.74, 6) is -1.03. The van der Waals surface area contributed by atoms with Crippen LogP contribution in [-0.4, -0.2) is 30.4 Å². The zero-order chi connectivity index (χ0) is 13.8. The fraction of sp³-hybridized carbons (Fsp3) is 0.500. The van der Waals surface area contributed by atoms with Crippen LogP contribution in [0.3, 0.4) is 0 Å². The number of nitrogens with one attached hydrogen (secondary N) is 1. The van der Waals surface area contributed by atoms with Gasteiger partial charge in [0.25, 0.3) is 0 Å². The second kappa shape index (κ2) is 6.10. The van der Waals surface area contributed by atoms with Crippen LogP contribution < -0.4 is 5.32 Å². The summed E-state index contributed by atoms with van der Waals surface area (Å²) in [6, 6.07) is 3.50. The summed E-state index contributed by atoms with van der Waals surface area (Å²) in [6.45, 7) is 1.04. The monoisotopic (exact) mass is 268 g/mol. The first-order chi connectivity index (χ1) is 9.06. The second-order valence-corrected chi connectivity index (χ2v) is 4.98. The van der Waals surface area contributed by atoms with Crippen molar-refractivity contribution >= 4 is 5.91 Å². The number of nitrogens with zero attached hydrogens (tertiary/aromatic N) is 1. The van der Waals surface area contributed by atoms with E-state index in [0.717, 1.165) is 37.6 Å². The Morgan fingerprint density at radius 1 is 1.47 bits per heavy atom. The van der Waals surface area contributed by atoms with Crippen molar-refractivity contribution in [3.8, 4) is 0 Å². The van der Waals surface area contributed by atoms with Gasteiger partial charge >= 0.3 is 0 Å². The van der Waals surface area contributed by atoms with Crippen molar-refractivity contribution in [3.63, 3.8) is 0 Å². The SMILES string of the molecule is CN(Cc1cc(F)ccc1F)C(=O)CC1CCCN1. The Morgan fingerprint density at radius 2 is 2.26 bits per heavy atom. The molecule has 1 N–H and O–H groups in total. The Morgan fingerprint density at radius 3 is 2.95 bits per heavy atom. The van der Waals surface area contributed by atoms with Crippen LogP contribution in [0.2, 0.25) is 0 Å². The molecule has 19 heavy (non-hydrogen) atoms. The van der Waals surface area contributed by atoms with E-state index in [9.17, 15) is 13.6 Å². The topological polar surface area (TPSA) is 32.3 Å². The Hall–Kier alpha value is -1.49. The lowest BCUT2D eigenvalue weighted by Crippen LogP contribution is -2.33. The Labute approximate surface area is 111 Å². The highest BCUT2D eigenvalue weighted by molar-refractivity contribution is 5.76. The van der Waals surface area contributed by atoms with Crippen LogP contribution in [0.4, 0.5) is 8.78 Å². The lowest BCUT2D eigenvalue weighted by atomic mass is 10.1. The van der Waals surface area contributed by atoms with Crippen molar-refractivity contribution in [2.75, 3.05) is 13.6 Å². The first-order valence-corrected chi connectivity index (χ1v) is 6.47. The highest BCUT2D eigenvalue weighted by Crippen LogP contribution is 2.14. The van der Waals surface area contributed by atoms with Crippen molar-refractivity contribution in [2.45, 2.75) is 31.8 Å². The van der Waals surface area contributed by atoms with Gasteiger partial charge in [0, 0.05) is 31.6 Å². The first kappa shape index (κ1) is 13.9. The molecule has 1 aromatic rings. The third kappa shape index (κ3) is 3.73. The molecule has 1 atom stereocenters. The van der Waals surface area contributed by atoms with Gasteiger partial charge in [-0.15, -0.1) is 0 Å². The van der Waals surface area contributed by atoms with Gasteiger partial charge in [0.2, 0.25) is 5.91 Å². The lowest BCUT2D eigenvalue weighted by molar-refractivity contribution is -0.130. The van der Waals surface area contributed by atoms with Gasteiger partial charge in [0.05, 0.1) is 0 Å². The molecule has 1 aliphatic heterocycles. The number of rotatable bonds is 4. The van der Waals surface area contributed by atoms with Crippen molar-refractivity contribution < 1.29 is 13.6 Å². The van der Waals surface area contributed by atoms with E-state index in [1.807, 2.05) is 0 Å². The van der Waals surface area contributed by atoms with Crippen molar-refractivity contribution in [1.29, 1.82) is 0 Å². The van der Waals surface area contributed by atoms with Gasteiger partial charge < -0.3 is 10.2 Å². The smallest absolute Gasteiger partial charge is 0.224 e. The highest BCUT2D eigenvalue weighted by Gasteiger charge is 2.20. The Bertz CT molecular complexity index is 459. The van der Waals surface area contributed by atoms with E-state index in [1.54, 1.807) is 7.05 Å². The van der Waals surface area contributed by atoms with E-state index in [1.165, 1.54) is 4.90 Å². The van der Waals surface area contributed by atoms with E-state index in [0.29, 0.717) is 6.42 Å². The summed E-state index contributed by atoms with van der Waals surface area (Å²) in [5.41, 5.74) is 0.204. The van der Waals surface area contributed by atoms with Gasteiger partial charge in [-0.25, -0.2) is 8.78 Å². The fourth-order valence-electron chi connectivity index (χ4n) is 2.31. The predicted octanol–water partition coefficient (Wildman–Crippen LogP) is 2.07. The maximum atomic E-state index is 13.5. The molecule has 0 spiro atoms. The molecule has 104 valence electrons. The molecule has 3 nitrogen and oxygen atoms in total. The van der Waals surface area contributed by atoms with Crippen LogP contribution in [0, 0.1) is 11.6 Å². The first-order valence-electron chi connectivity index (χ1n) is 6.47. The third-order valence-corrected chi connectivity index (χ3v) is 3.42. The lowest BCUT2D eigenvalue weighted by Gasteiger charge is -2.20. The zero-order valence-corrected chi connectivity index (χ0v) is 11.0. The summed E-state index contributed by atoms with van der Waals surface area (Å²) in [5, 5.41) is 3.25. The van der Waals surface area contributed by atoms with E-state index >= 15 is 0 Å². The fourth-order valence-corrected chi connectivity index (χ4v) is 2.31. The minimum Gasteiger partial charge on any atom is -0.341 e. The second-order valence-electron chi connectivity index (χ2n) is 4.98. The molecule has 1 fully saturated rings. The van der Waals surface area contributed by atoms with Crippen molar-refractivity contribution in [1.82, 2.24) is 10.2 Å². The van der Waals surface area contributed by atoms with E-state index in [2.05, 4.69) is 5.32 Å². The van der Waals surface area contributed by atoms with Gasteiger partial charge in [-0.2, -0.15) is 0 Å². The quantitative estimate of drug-likeness (QED) is 0.906. The number of hydrogen-bond acceptors (Lipinski definition) is 2. The average molecular weight is 268 g/mol. The van der Waals surface area contributed by atoms with Gasteiger partial charge in [0.15, 0.2) is 0 Å². The Kier molecular flexibility index (Phi) is 4.47. The molecule has 1 saturated heterocycles. The van der Waals surface area contributed by atoms with Crippen LogP contribution in [0.25, 0.3) is 0 Å². The molecule has 0 saturated carbocycles. The molecular weight excluding hydrogens is 250 g/mol. The number of benzene rings is 1. The number of hydrogen-bond donors (Lipinski definition) is 1. The molecule has 2 rings (SSSR count). The minimum atomic E-state index is -0.491. The molecule has 0 radical (unpaired) electrons. The van der Waals surface area contributed by atoms with Gasteiger partial charge in [0.1, 0.15) is 11.6 Å². The van der Waals surface area contributed by atoms with Crippen molar-refractivity contribution in [3.05, 3.63) is 35.4 Å². The number of halogens is 2. The summed E-state index contributed by atoms with van der Waals surface area (Å²) in [6.07, 6.45) is 2.49. The molecule has 1 amide bonds. The van der Waals surface area contributed by atoms with E-state index in [4.69, 9.17) is 0 Å². The summed E-state index contributed by atoms with van der Waals surface area (Å²) in [4.78, 5) is 13.4. The summed E-state index contributed by atoms with van der Waals surface area (Å²) < 4.78 is 26.5. The van der Waals surface area contributed by atoms with Gasteiger partial charge in [-0.3, -0.25) is 4.79 Å². The number of amides is 1. The van der Waals surface area contributed by atoms with Crippen molar-refractivity contribution in [2.24, 2.45) is 0 Å². The normalized spacial score (nSPS) is 18.6. The predicted molar refractivity (Wildman–Crippen MR) is 68.5 cm³/mol. The average Bonchev–Trinajstić information content (AvgIpc) is 2.86. The molecule has 1 aliphatic rings. The summed E-state index contributed by atoms with van der Waals surface area (Å²) >= 11 is 0. The number of carbonyl (C=O) groups excluding carboxylic acids is 1. The van der Waals surface area contributed by atoms with Crippen LogP contribution in [0.5, 0.6) is 0 Å². The largest absolute Gasteiger partial charge is 0.341 e. The van der Waals surface area contributed by atoms with Crippen LogP contribution in [-0.2, 0) is 11.3 Å². The molecule has 0 aromatic heterocycles. The van der Waals surface area contributed by atoms with Crippen LogP contribution in [0.1, 0.15) is 24.8 Å². The molecule has 0 aliphatic carbocycles. The molecule has 5 heteroatoms. The van der Waals surface area contributed by atoms with Gasteiger partial charge in [-0.05, 0) is 37.6 Å². The molecule has 0 bridgehead atoms. The molecule has 1 heterocycles. The standard InChI is InChI=1S/C14H18F2N2O/c1-18(14(19)8-12-3-2-6-17-12)9-10-7-11(15)4-5-13(10)16/h4-5,7,12,17H,2-3,6,8-9H2,1H3. The maximum absolute atomic E-state index is 13.5. The molecular formula is C14H18F2N2O. The maximum Gasteiger partial charge on any atom is 0.224 e. The summed E-state index contributed by atoms with van der Waals surface area (Å²) in [7, 11) is 1.61. The Balaban J connectivity index is 1.93. The van der Waals surface area contributed by atoms with E-state index < -0.39 is 11.6 Å². The van der Waals surface area contributed by atoms with Gasteiger partial charge in [-0.1, -0.05) is 0 Å². The number of carbonyl (C=O) groups is 1. The third-order valence-electron chi connectivity index (χ3n) is 3.42. The van der Waals surface area contributed by atoms with Crippen LogP contribution >= 0.6 is 0 Å². The zero-order valence-electron chi connectivity index (χ0n) is 11.0. The van der Waals surface area contributed by atoms with Crippen LogP contribution in [0.15, 0.2) is 18.2 Å².